The lowest BCUT2D eigenvalue weighted by Crippen LogP contribution is -2.29. The summed E-state index contributed by atoms with van der Waals surface area (Å²) in [5.41, 5.74) is 5.61. The van der Waals surface area contributed by atoms with Gasteiger partial charge in [0.1, 0.15) is 0 Å². The average molecular weight is 262 g/mol. The van der Waals surface area contributed by atoms with Crippen LogP contribution in [-0.2, 0) is 6.42 Å². The Morgan fingerprint density at radius 2 is 2.00 bits per heavy atom. The van der Waals surface area contributed by atoms with Gasteiger partial charge >= 0.3 is 0 Å². The minimum Gasteiger partial charge on any atom is -0.278 e. The van der Waals surface area contributed by atoms with Crippen molar-refractivity contribution >= 4 is 11.8 Å². The molecule has 0 fully saturated rings. The molecular weight excluding hydrogens is 244 g/mol. The lowest BCUT2D eigenvalue weighted by atomic mass is 9.85. The molecule has 0 saturated carbocycles. The highest BCUT2D eigenvalue weighted by molar-refractivity contribution is 6.14. The predicted molar refractivity (Wildman–Crippen MR) is 84.2 cm³/mol. The van der Waals surface area contributed by atoms with E-state index in [9.17, 15) is 0 Å². The summed E-state index contributed by atoms with van der Waals surface area (Å²) in [7, 11) is 0. The van der Waals surface area contributed by atoms with Crippen LogP contribution in [0, 0.1) is 0 Å². The summed E-state index contributed by atoms with van der Waals surface area (Å²) in [6.07, 6.45) is 6.49. The van der Waals surface area contributed by atoms with Crippen molar-refractivity contribution in [3.63, 3.8) is 0 Å². The van der Waals surface area contributed by atoms with Crippen molar-refractivity contribution in [1.82, 2.24) is 4.98 Å². The van der Waals surface area contributed by atoms with Crippen LogP contribution in [0.4, 0.5) is 0 Å². The van der Waals surface area contributed by atoms with Crippen molar-refractivity contribution in [3.8, 4) is 0 Å². The molecule has 0 bridgehead atoms. The van der Waals surface area contributed by atoms with E-state index in [-0.39, 0.29) is 5.54 Å². The highest BCUT2D eigenvalue weighted by Crippen LogP contribution is 2.29. The Kier molecular flexibility index (Phi) is 3.01. The number of pyridine rings is 1. The van der Waals surface area contributed by atoms with Crippen molar-refractivity contribution in [3.05, 3.63) is 71.6 Å². The first-order valence-corrected chi connectivity index (χ1v) is 6.85. The van der Waals surface area contributed by atoms with E-state index in [0.717, 1.165) is 23.3 Å². The Morgan fingerprint density at radius 1 is 1.20 bits per heavy atom. The number of hydrogen-bond acceptors (Lipinski definition) is 2. The first-order valence-electron chi connectivity index (χ1n) is 6.85. The topological polar surface area (TPSA) is 25.2 Å². The lowest BCUT2D eigenvalue weighted by Gasteiger charge is -2.29. The zero-order chi connectivity index (χ0) is 14.2. The van der Waals surface area contributed by atoms with Crippen molar-refractivity contribution in [1.29, 1.82) is 0 Å². The summed E-state index contributed by atoms with van der Waals surface area (Å²) in [6, 6.07) is 10.6. The molecule has 3 rings (SSSR count). The van der Waals surface area contributed by atoms with Gasteiger partial charge in [0.25, 0.3) is 0 Å². The van der Waals surface area contributed by atoms with E-state index >= 15 is 0 Å². The quantitative estimate of drug-likeness (QED) is 0.806. The third-order valence-corrected chi connectivity index (χ3v) is 3.58. The van der Waals surface area contributed by atoms with Gasteiger partial charge < -0.3 is 0 Å². The fourth-order valence-corrected chi connectivity index (χ4v) is 2.69. The molecule has 2 heterocycles. The zero-order valence-electron chi connectivity index (χ0n) is 11.9. The number of nitrogens with zero attached hydrogens (tertiary/aromatic N) is 2. The number of benzene rings is 1. The molecule has 1 aliphatic heterocycles. The van der Waals surface area contributed by atoms with Gasteiger partial charge in [0.2, 0.25) is 0 Å². The van der Waals surface area contributed by atoms with Gasteiger partial charge in [0.05, 0.1) is 11.3 Å². The molecule has 2 heteroatoms. The molecule has 20 heavy (non-hydrogen) atoms. The van der Waals surface area contributed by atoms with Gasteiger partial charge in [-0.3, -0.25) is 9.98 Å². The van der Waals surface area contributed by atoms with Crippen LogP contribution in [-0.4, -0.2) is 16.2 Å². The molecule has 2 aromatic rings. The molecule has 1 aromatic heterocycles. The SMILES string of the molecule is C=Cc1cncc(C2=NC(C)(C)Cc3ccccc32)c1. The highest BCUT2D eigenvalue weighted by atomic mass is 14.9. The molecule has 0 radical (unpaired) electrons. The maximum absolute atomic E-state index is 4.94. The summed E-state index contributed by atoms with van der Waals surface area (Å²) in [5.74, 6) is 0. The zero-order valence-corrected chi connectivity index (χ0v) is 11.9. The molecule has 0 unspecified atom stereocenters. The number of hydrogen-bond donors (Lipinski definition) is 0. The fourth-order valence-electron chi connectivity index (χ4n) is 2.69. The number of aromatic nitrogens is 1. The molecule has 0 amide bonds. The Labute approximate surface area is 119 Å². The smallest absolute Gasteiger partial charge is 0.0744 e. The van der Waals surface area contributed by atoms with E-state index in [2.05, 4.69) is 55.7 Å². The largest absolute Gasteiger partial charge is 0.278 e. The van der Waals surface area contributed by atoms with Crippen LogP contribution in [0.15, 0.2) is 54.3 Å². The van der Waals surface area contributed by atoms with Crippen molar-refractivity contribution in [2.75, 3.05) is 0 Å². The molecule has 0 atom stereocenters. The molecule has 0 aliphatic carbocycles. The molecule has 0 saturated heterocycles. The van der Waals surface area contributed by atoms with Crippen molar-refractivity contribution < 1.29 is 0 Å². The fraction of sp³-hybridized carbons (Fsp3) is 0.222. The monoisotopic (exact) mass is 262 g/mol. The van der Waals surface area contributed by atoms with Crippen LogP contribution in [0.25, 0.3) is 6.08 Å². The minimum atomic E-state index is -0.0755. The average Bonchev–Trinajstić information content (AvgIpc) is 2.45. The van der Waals surface area contributed by atoms with Gasteiger partial charge in [-0.2, -0.15) is 0 Å². The standard InChI is InChI=1S/C18H18N2/c1-4-13-9-15(12-19-11-13)17-16-8-6-5-7-14(16)10-18(2,3)20-17/h4-9,11-12H,1,10H2,2-3H3. The maximum Gasteiger partial charge on any atom is 0.0744 e. The van der Waals surface area contributed by atoms with Crippen LogP contribution >= 0.6 is 0 Å². The maximum atomic E-state index is 4.94. The Morgan fingerprint density at radius 3 is 2.80 bits per heavy atom. The molecule has 0 spiro atoms. The van der Waals surface area contributed by atoms with Crippen molar-refractivity contribution in [2.45, 2.75) is 25.8 Å². The van der Waals surface area contributed by atoms with E-state index in [0.29, 0.717) is 0 Å². The third-order valence-electron chi connectivity index (χ3n) is 3.58. The first kappa shape index (κ1) is 12.8. The van der Waals surface area contributed by atoms with Crippen LogP contribution in [0.2, 0.25) is 0 Å². The number of aliphatic imine (C=N–C) groups is 1. The summed E-state index contributed by atoms with van der Waals surface area (Å²) in [5, 5.41) is 0. The van der Waals surface area contributed by atoms with E-state index in [1.54, 1.807) is 0 Å². The third kappa shape index (κ3) is 2.29. The Balaban J connectivity index is 2.19. The molecule has 1 aliphatic rings. The molecular formula is C18H18N2. The van der Waals surface area contributed by atoms with Gasteiger partial charge in [0.15, 0.2) is 0 Å². The van der Waals surface area contributed by atoms with E-state index in [4.69, 9.17) is 4.99 Å². The summed E-state index contributed by atoms with van der Waals surface area (Å²) >= 11 is 0. The molecule has 2 nitrogen and oxygen atoms in total. The second-order valence-electron chi connectivity index (χ2n) is 5.82. The Bertz CT molecular complexity index is 696. The van der Waals surface area contributed by atoms with Gasteiger partial charge in [0, 0.05) is 23.5 Å². The lowest BCUT2D eigenvalue weighted by molar-refractivity contribution is 0.513. The first-order chi connectivity index (χ1) is 9.59. The number of rotatable bonds is 2. The van der Waals surface area contributed by atoms with Gasteiger partial charge in [-0.05, 0) is 37.5 Å². The molecule has 0 N–H and O–H groups in total. The van der Waals surface area contributed by atoms with Crippen LogP contribution in [0.3, 0.4) is 0 Å². The second kappa shape index (κ2) is 4.71. The van der Waals surface area contributed by atoms with Crippen LogP contribution in [0.1, 0.15) is 36.1 Å². The second-order valence-corrected chi connectivity index (χ2v) is 5.82. The normalized spacial score (nSPS) is 16.2. The summed E-state index contributed by atoms with van der Waals surface area (Å²) < 4.78 is 0. The molecule has 100 valence electrons. The van der Waals surface area contributed by atoms with Gasteiger partial charge in [-0.1, -0.05) is 36.9 Å². The van der Waals surface area contributed by atoms with Gasteiger partial charge in [-0.25, -0.2) is 0 Å². The van der Waals surface area contributed by atoms with E-state index in [1.165, 1.54) is 11.1 Å². The number of fused-ring (bicyclic) bond motifs is 1. The van der Waals surface area contributed by atoms with E-state index < -0.39 is 0 Å². The summed E-state index contributed by atoms with van der Waals surface area (Å²) in [4.78, 5) is 9.24. The highest BCUT2D eigenvalue weighted by Gasteiger charge is 2.27. The van der Waals surface area contributed by atoms with Crippen LogP contribution in [0.5, 0.6) is 0 Å². The van der Waals surface area contributed by atoms with Crippen molar-refractivity contribution in [2.24, 2.45) is 4.99 Å². The van der Waals surface area contributed by atoms with E-state index in [1.807, 2.05) is 18.5 Å². The molecule has 1 aromatic carbocycles. The Hall–Kier alpha value is -2.22. The minimum absolute atomic E-state index is 0.0755. The predicted octanol–water partition coefficient (Wildman–Crippen LogP) is 3.90. The van der Waals surface area contributed by atoms with Gasteiger partial charge in [-0.15, -0.1) is 0 Å². The van der Waals surface area contributed by atoms with Crippen LogP contribution < -0.4 is 0 Å². The summed E-state index contributed by atoms with van der Waals surface area (Å²) in [6.45, 7) is 8.16.